The average Bonchev–Trinajstić information content (AvgIpc) is 3.44. The van der Waals surface area contributed by atoms with Crippen molar-refractivity contribution in [1.82, 2.24) is 15.6 Å². The zero-order valence-electron chi connectivity index (χ0n) is 16.9. The first-order valence-corrected chi connectivity index (χ1v) is 10.1. The monoisotopic (exact) mass is 386 g/mol. The third kappa shape index (κ3) is 3.90. The number of rotatable bonds is 7. The molecule has 4 rings (SSSR count). The second-order valence-corrected chi connectivity index (χ2v) is 7.55. The maximum atomic E-state index is 5.91. The summed E-state index contributed by atoms with van der Waals surface area (Å²) in [5.41, 5.74) is 2.22. The molecule has 2 fully saturated rings. The van der Waals surface area contributed by atoms with Crippen LogP contribution in [0.15, 0.2) is 23.2 Å². The topological polar surface area (TPSA) is 79.9 Å². The highest BCUT2D eigenvalue weighted by atomic mass is 16.5. The number of nitrogens with one attached hydrogen (secondary N) is 3. The summed E-state index contributed by atoms with van der Waals surface area (Å²) in [5.74, 6) is 2.48. The highest BCUT2D eigenvalue weighted by Crippen LogP contribution is 2.34. The normalized spacial score (nSPS) is 24.0. The third-order valence-corrected chi connectivity index (χ3v) is 5.75. The summed E-state index contributed by atoms with van der Waals surface area (Å²) in [6.07, 6.45) is 6.19. The van der Waals surface area contributed by atoms with E-state index in [2.05, 4.69) is 26.7 Å². The highest BCUT2D eigenvalue weighted by Gasteiger charge is 2.41. The van der Waals surface area contributed by atoms with E-state index >= 15 is 0 Å². The van der Waals surface area contributed by atoms with Crippen molar-refractivity contribution < 1.29 is 14.2 Å². The number of fused-ring (bicyclic) bond motifs is 3. The Hall–Kier alpha value is -2.41. The quantitative estimate of drug-likeness (QED) is 0.387. The molecule has 3 N–H and O–H groups in total. The van der Waals surface area contributed by atoms with Gasteiger partial charge in [0.15, 0.2) is 5.96 Å². The molecule has 3 unspecified atom stereocenters. The fourth-order valence-corrected chi connectivity index (χ4v) is 4.30. The summed E-state index contributed by atoms with van der Waals surface area (Å²) in [7, 11) is 5.17. The zero-order chi connectivity index (χ0) is 19.5. The molecule has 0 spiro atoms. The molecule has 3 heterocycles. The molecule has 28 heavy (non-hydrogen) atoms. The van der Waals surface area contributed by atoms with E-state index in [9.17, 15) is 0 Å². The molecular formula is C21H30N4O3. The third-order valence-electron chi connectivity index (χ3n) is 5.75. The van der Waals surface area contributed by atoms with E-state index in [1.54, 1.807) is 14.2 Å². The van der Waals surface area contributed by atoms with Crippen LogP contribution >= 0.6 is 0 Å². The lowest BCUT2D eigenvalue weighted by atomic mass is 9.96. The lowest BCUT2D eigenvalue weighted by molar-refractivity contribution is 0.0992. The van der Waals surface area contributed by atoms with Gasteiger partial charge in [0.1, 0.15) is 11.5 Å². The number of methoxy groups -OCH3 is 2. The first kappa shape index (κ1) is 18.9. The predicted molar refractivity (Wildman–Crippen MR) is 111 cm³/mol. The Labute approximate surface area is 165 Å². The number of benzene rings is 1. The molecule has 3 atom stereocenters. The lowest BCUT2D eigenvalue weighted by Crippen LogP contribution is -2.47. The standard InChI is InChI=1S/C21H30N4O3/c1-22-21(25-18-10-14-6-7-19(18)28-14)23-8-4-5-13-9-16-17(24-13)11-15(26-2)12-20(16)27-3/h9,11-12,14,18-19,24H,4-8,10H2,1-3H3,(H2,22,23,25). The maximum absolute atomic E-state index is 5.91. The number of aromatic amines is 1. The summed E-state index contributed by atoms with van der Waals surface area (Å²) in [6.45, 7) is 0.858. The van der Waals surface area contributed by atoms with Crippen molar-refractivity contribution in [3.8, 4) is 11.5 Å². The van der Waals surface area contributed by atoms with Crippen LogP contribution in [0.5, 0.6) is 11.5 Å². The molecule has 2 bridgehead atoms. The van der Waals surface area contributed by atoms with Gasteiger partial charge in [0.2, 0.25) is 0 Å². The largest absolute Gasteiger partial charge is 0.497 e. The van der Waals surface area contributed by atoms with Crippen LogP contribution in [0.2, 0.25) is 0 Å². The van der Waals surface area contributed by atoms with Gasteiger partial charge in [-0.2, -0.15) is 0 Å². The van der Waals surface area contributed by atoms with Gasteiger partial charge in [0.05, 0.1) is 38.0 Å². The first-order chi connectivity index (χ1) is 13.7. The Morgan fingerprint density at radius 3 is 2.82 bits per heavy atom. The minimum Gasteiger partial charge on any atom is -0.497 e. The van der Waals surface area contributed by atoms with Gasteiger partial charge >= 0.3 is 0 Å². The second kappa shape index (κ2) is 8.31. The molecule has 0 aliphatic carbocycles. The van der Waals surface area contributed by atoms with Crippen molar-refractivity contribution in [2.45, 2.75) is 50.4 Å². The summed E-state index contributed by atoms with van der Waals surface area (Å²) in [5, 5.41) is 8.03. The predicted octanol–water partition coefficient (Wildman–Crippen LogP) is 2.60. The lowest BCUT2D eigenvalue weighted by Gasteiger charge is -2.22. The van der Waals surface area contributed by atoms with E-state index in [-0.39, 0.29) is 0 Å². The average molecular weight is 386 g/mol. The van der Waals surface area contributed by atoms with Crippen LogP contribution in [0.4, 0.5) is 0 Å². The van der Waals surface area contributed by atoms with Gasteiger partial charge in [0, 0.05) is 36.8 Å². The molecule has 1 aromatic carbocycles. The second-order valence-electron chi connectivity index (χ2n) is 7.55. The van der Waals surface area contributed by atoms with Crippen molar-refractivity contribution in [2.24, 2.45) is 4.99 Å². The van der Waals surface area contributed by atoms with Crippen LogP contribution in [0.1, 0.15) is 31.4 Å². The fourth-order valence-electron chi connectivity index (χ4n) is 4.30. The minimum atomic E-state index is 0.349. The molecule has 0 amide bonds. The zero-order valence-corrected chi connectivity index (χ0v) is 16.9. The van der Waals surface area contributed by atoms with Crippen molar-refractivity contribution in [2.75, 3.05) is 27.8 Å². The van der Waals surface area contributed by atoms with E-state index in [1.165, 1.54) is 12.1 Å². The van der Waals surface area contributed by atoms with E-state index in [4.69, 9.17) is 14.2 Å². The molecule has 0 saturated carbocycles. The van der Waals surface area contributed by atoms with Crippen molar-refractivity contribution in [3.63, 3.8) is 0 Å². The Kier molecular flexibility index (Phi) is 5.62. The number of aliphatic imine (C=N–C) groups is 1. The molecule has 0 radical (unpaired) electrons. The number of guanidine groups is 1. The summed E-state index contributed by atoms with van der Waals surface area (Å²) in [4.78, 5) is 7.83. The number of aromatic nitrogens is 1. The summed E-state index contributed by atoms with van der Waals surface area (Å²) in [6, 6.07) is 6.47. The molecule has 2 aliphatic rings. The number of nitrogens with zero attached hydrogens (tertiary/aromatic N) is 1. The SMILES string of the molecule is CN=C(NCCCc1cc2c(OC)cc(OC)cc2[nH]1)NC1CC2CCC1O2. The molecule has 2 aromatic rings. The molecule has 152 valence electrons. The van der Waals surface area contributed by atoms with E-state index < -0.39 is 0 Å². The minimum absolute atomic E-state index is 0.349. The number of hydrogen-bond acceptors (Lipinski definition) is 4. The van der Waals surface area contributed by atoms with Crippen LogP contribution < -0.4 is 20.1 Å². The molecule has 2 saturated heterocycles. The van der Waals surface area contributed by atoms with E-state index in [0.717, 1.165) is 60.6 Å². The van der Waals surface area contributed by atoms with Crippen LogP contribution in [-0.4, -0.2) is 57.0 Å². The number of H-pyrrole nitrogens is 1. The number of hydrogen-bond donors (Lipinski definition) is 3. The van der Waals surface area contributed by atoms with Gasteiger partial charge in [-0.25, -0.2) is 0 Å². The Morgan fingerprint density at radius 1 is 1.25 bits per heavy atom. The van der Waals surface area contributed by atoms with Gasteiger partial charge in [-0.3, -0.25) is 4.99 Å². The summed E-state index contributed by atoms with van der Waals surface area (Å²) >= 11 is 0. The molecular weight excluding hydrogens is 356 g/mol. The van der Waals surface area contributed by atoms with Crippen LogP contribution in [-0.2, 0) is 11.2 Å². The van der Waals surface area contributed by atoms with Gasteiger partial charge in [0.25, 0.3) is 0 Å². The Morgan fingerprint density at radius 2 is 2.14 bits per heavy atom. The summed E-state index contributed by atoms with van der Waals surface area (Å²) < 4.78 is 16.7. The molecule has 7 heteroatoms. The van der Waals surface area contributed by atoms with Crippen molar-refractivity contribution >= 4 is 16.9 Å². The molecule has 2 aliphatic heterocycles. The van der Waals surface area contributed by atoms with Crippen molar-refractivity contribution in [3.05, 3.63) is 23.9 Å². The van der Waals surface area contributed by atoms with E-state index in [0.29, 0.717) is 18.2 Å². The van der Waals surface area contributed by atoms with Gasteiger partial charge in [-0.15, -0.1) is 0 Å². The van der Waals surface area contributed by atoms with Gasteiger partial charge < -0.3 is 29.8 Å². The first-order valence-electron chi connectivity index (χ1n) is 10.1. The van der Waals surface area contributed by atoms with E-state index in [1.807, 2.05) is 19.2 Å². The maximum Gasteiger partial charge on any atom is 0.191 e. The molecule has 7 nitrogen and oxygen atoms in total. The highest BCUT2D eigenvalue weighted by molar-refractivity contribution is 5.88. The van der Waals surface area contributed by atoms with Crippen LogP contribution in [0.25, 0.3) is 10.9 Å². The Bertz CT molecular complexity index is 848. The van der Waals surface area contributed by atoms with Gasteiger partial charge in [-0.1, -0.05) is 0 Å². The van der Waals surface area contributed by atoms with Crippen LogP contribution in [0, 0.1) is 0 Å². The number of ether oxygens (including phenoxy) is 3. The van der Waals surface area contributed by atoms with Crippen LogP contribution in [0.3, 0.4) is 0 Å². The molecule has 1 aromatic heterocycles. The number of aryl methyl sites for hydroxylation is 1. The van der Waals surface area contributed by atoms with Gasteiger partial charge in [-0.05, 0) is 38.2 Å². The fraction of sp³-hybridized carbons (Fsp3) is 0.571. The van der Waals surface area contributed by atoms with Crippen molar-refractivity contribution in [1.29, 1.82) is 0 Å². The Balaban J connectivity index is 1.28. The smallest absolute Gasteiger partial charge is 0.191 e.